The summed E-state index contributed by atoms with van der Waals surface area (Å²) in [5, 5.41) is 2.34. The number of hydrogen-bond acceptors (Lipinski definition) is 4. The average Bonchev–Trinajstić information content (AvgIpc) is 2.73. The smallest absolute Gasteiger partial charge is 0.265 e. The maximum absolute atomic E-state index is 13.7. The first-order valence-corrected chi connectivity index (χ1v) is 6.34. The van der Waals surface area contributed by atoms with Gasteiger partial charge in [-0.3, -0.25) is 19.3 Å². The minimum Gasteiger partial charge on any atom is -0.357 e. The lowest BCUT2D eigenvalue weighted by atomic mass is 10.1. The summed E-state index contributed by atoms with van der Waals surface area (Å²) in [5.74, 6) is -2.97. The molecule has 0 bridgehead atoms. The van der Waals surface area contributed by atoms with Crippen molar-refractivity contribution in [2.24, 2.45) is 0 Å². The number of halogens is 1. The molecule has 0 radical (unpaired) electrons. The Hall–Kier alpha value is -2.57. The molecule has 1 aliphatic heterocycles. The number of imide groups is 1. The second-order valence-corrected chi connectivity index (χ2v) is 4.52. The van der Waals surface area contributed by atoms with Gasteiger partial charge in [0.15, 0.2) is 0 Å². The molecule has 6 nitrogen and oxygen atoms in total. The molecular formula is C14H13FN2O4. The zero-order valence-electron chi connectivity index (χ0n) is 11.3. The van der Waals surface area contributed by atoms with Gasteiger partial charge in [0, 0.05) is 13.5 Å². The second kappa shape index (κ2) is 5.82. The summed E-state index contributed by atoms with van der Waals surface area (Å²) in [6.45, 7) is 0. The highest BCUT2D eigenvalue weighted by Gasteiger charge is 2.43. The Labute approximate surface area is 119 Å². The number of benzene rings is 1. The van der Waals surface area contributed by atoms with E-state index < -0.39 is 29.6 Å². The molecule has 1 N–H and O–H groups in total. The molecule has 1 unspecified atom stereocenters. The van der Waals surface area contributed by atoms with E-state index in [0.717, 1.165) is 11.0 Å². The number of nitrogens with one attached hydrogen (secondary N) is 1. The monoisotopic (exact) mass is 292 g/mol. The van der Waals surface area contributed by atoms with Gasteiger partial charge in [-0.05, 0) is 18.6 Å². The summed E-state index contributed by atoms with van der Waals surface area (Å²) in [6, 6.07) is 2.60. The van der Waals surface area contributed by atoms with E-state index in [2.05, 4.69) is 5.32 Å². The highest BCUT2D eigenvalue weighted by molar-refractivity contribution is 6.23. The van der Waals surface area contributed by atoms with Crippen LogP contribution in [0.1, 0.15) is 33.6 Å². The van der Waals surface area contributed by atoms with Gasteiger partial charge in [0.2, 0.25) is 5.91 Å². The fourth-order valence-corrected chi connectivity index (χ4v) is 2.32. The standard InChI is InChI=1S/C14H13FN2O4/c1-16-12(19)10(6-3-7-18)17-13(20)8-4-2-5-9(15)11(8)14(17)21/h2,4-5,7,10H,3,6H2,1H3,(H,16,19). The van der Waals surface area contributed by atoms with Gasteiger partial charge >= 0.3 is 0 Å². The molecule has 1 atom stereocenters. The Kier molecular flexibility index (Phi) is 4.11. The first kappa shape index (κ1) is 14.8. The predicted molar refractivity (Wildman–Crippen MR) is 70.1 cm³/mol. The van der Waals surface area contributed by atoms with Crippen LogP contribution >= 0.6 is 0 Å². The van der Waals surface area contributed by atoms with Gasteiger partial charge < -0.3 is 10.1 Å². The van der Waals surface area contributed by atoms with Crippen LogP contribution in [0, 0.1) is 5.82 Å². The number of nitrogens with zero attached hydrogens (tertiary/aromatic N) is 1. The lowest BCUT2D eigenvalue weighted by Crippen LogP contribution is -2.48. The van der Waals surface area contributed by atoms with Gasteiger partial charge in [0.05, 0.1) is 11.1 Å². The van der Waals surface area contributed by atoms with Gasteiger partial charge in [0.25, 0.3) is 11.8 Å². The van der Waals surface area contributed by atoms with E-state index in [0.29, 0.717) is 6.29 Å². The number of fused-ring (bicyclic) bond motifs is 1. The van der Waals surface area contributed by atoms with E-state index in [9.17, 15) is 23.6 Å². The Bertz CT molecular complexity index is 629. The lowest BCUT2D eigenvalue weighted by molar-refractivity contribution is -0.124. The van der Waals surface area contributed by atoms with E-state index in [4.69, 9.17) is 0 Å². The van der Waals surface area contributed by atoms with Crippen molar-refractivity contribution in [1.82, 2.24) is 10.2 Å². The molecular weight excluding hydrogens is 279 g/mol. The molecule has 0 spiro atoms. The molecule has 1 heterocycles. The van der Waals surface area contributed by atoms with Gasteiger partial charge in [-0.15, -0.1) is 0 Å². The number of hydrogen-bond donors (Lipinski definition) is 1. The number of rotatable bonds is 5. The maximum Gasteiger partial charge on any atom is 0.265 e. The zero-order chi connectivity index (χ0) is 15.6. The van der Waals surface area contributed by atoms with Crippen LogP contribution < -0.4 is 5.32 Å². The molecule has 0 saturated carbocycles. The van der Waals surface area contributed by atoms with Crippen LogP contribution in [0.3, 0.4) is 0 Å². The van der Waals surface area contributed by atoms with E-state index in [1.807, 2.05) is 0 Å². The van der Waals surface area contributed by atoms with Crippen LogP contribution in [0.5, 0.6) is 0 Å². The van der Waals surface area contributed by atoms with E-state index >= 15 is 0 Å². The van der Waals surface area contributed by atoms with E-state index in [1.165, 1.54) is 19.2 Å². The van der Waals surface area contributed by atoms with Crippen LogP contribution in [0.25, 0.3) is 0 Å². The van der Waals surface area contributed by atoms with Crippen molar-refractivity contribution in [2.75, 3.05) is 7.05 Å². The number of aldehydes is 1. The normalized spacial score (nSPS) is 14.9. The first-order chi connectivity index (χ1) is 10.0. The Morgan fingerprint density at radius 3 is 2.67 bits per heavy atom. The molecule has 7 heteroatoms. The molecule has 0 saturated heterocycles. The number of amides is 3. The lowest BCUT2D eigenvalue weighted by Gasteiger charge is -2.24. The van der Waals surface area contributed by atoms with Crippen LogP contribution in [-0.4, -0.2) is 42.0 Å². The van der Waals surface area contributed by atoms with Crippen molar-refractivity contribution >= 4 is 24.0 Å². The minimum absolute atomic E-state index is 0.00371. The Morgan fingerprint density at radius 1 is 1.38 bits per heavy atom. The number of carbonyl (C=O) groups is 4. The van der Waals surface area contributed by atoms with Crippen molar-refractivity contribution in [2.45, 2.75) is 18.9 Å². The predicted octanol–water partition coefficient (Wildman–Crippen LogP) is 0.515. The summed E-state index contributed by atoms with van der Waals surface area (Å²) in [5.41, 5.74) is -0.400. The zero-order valence-corrected chi connectivity index (χ0v) is 11.3. The fraction of sp³-hybridized carbons (Fsp3) is 0.286. The molecule has 1 aromatic carbocycles. The fourth-order valence-electron chi connectivity index (χ4n) is 2.32. The van der Waals surface area contributed by atoms with Crippen molar-refractivity contribution in [3.05, 3.63) is 35.1 Å². The van der Waals surface area contributed by atoms with Crippen molar-refractivity contribution in [1.29, 1.82) is 0 Å². The van der Waals surface area contributed by atoms with Gasteiger partial charge in [-0.25, -0.2) is 4.39 Å². The van der Waals surface area contributed by atoms with Crippen LogP contribution in [0.15, 0.2) is 18.2 Å². The number of carbonyl (C=O) groups excluding carboxylic acids is 4. The van der Waals surface area contributed by atoms with Gasteiger partial charge in [-0.2, -0.15) is 0 Å². The molecule has 1 aliphatic rings. The Balaban J connectivity index is 2.42. The highest BCUT2D eigenvalue weighted by atomic mass is 19.1. The third-order valence-corrected chi connectivity index (χ3v) is 3.31. The SMILES string of the molecule is CNC(=O)C(CCC=O)N1C(=O)c2cccc(F)c2C1=O. The van der Waals surface area contributed by atoms with Crippen LogP contribution in [-0.2, 0) is 9.59 Å². The van der Waals surface area contributed by atoms with Crippen molar-refractivity contribution < 1.29 is 23.6 Å². The van der Waals surface area contributed by atoms with Crippen LogP contribution in [0.4, 0.5) is 4.39 Å². The summed E-state index contributed by atoms with van der Waals surface area (Å²) in [4.78, 5) is 47.6. The highest BCUT2D eigenvalue weighted by Crippen LogP contribution is 2.28. The molecule has 21 heavy (non-hydrogen) atoms. The molecule has 0 aromatic heterocycles. The summed E-state index contributed by atoms with van der Waals surface area (Å²) in [7, 11) is 1.36. The molecule has 110 valence electrons. The Morgan fingerprint density at radius 2 is 2.10 bits per heavy atom. The minimum atomic E-state index is -1.13. The molecule has 0 fully saturated rings. The third-order valence-electron chi connectivity index (χ3n) is 3.31. The molecule has 3 amide bonds. The molecule has 0 aliphatic carbocycles. The summed E-state index contributed by atoms with van der Waals surface area (Å²) < 4.78 is 13.7. The van der Waals surface area contributed by atoms with Gasteiger partial charge in [0.1, 0.15) is 18.1 Å². The topological polar surface area (TPSA) is 83.6 Å². The van der Waals surface area contributed by atoms with Crippen molar-refractivity contribution in [3.63, 3.8) is 0 Å². The van der Waals surface area contributed by atoms with Crippen LogP contribution in [0.2, 0.25) is 0 Å². The average molecular weight is 292 g/mol. The molecule has 1 aromatic rings. The molecule has 2 rings (SSSR count). The third kappa shape index (κ3) is 2.42. The number of likely N-dealkylation sites (N-methyl/N-ethyl adjacent to an activating group) is 1. The second-order valence-electron chi connectivity index (χ2n) is 4.52. The summed E-state index contributed by atoms with van der Waals surface area (Å²) >= 11 is 0. The van der Waals surface area contributed by atoms with Gasteiger partial charge in [-0.1, -0.05) is 6.07 Å². The van der Waals surface area contributed by atoms with E-state index in [-0.39, 0.29) is 24.0 Å². The first-order valence-electron chi connectivity index (χ1n) is 6.34. The quantitative estimate of drug-likeness (QED) is 0.633. The van der Waals surface area contributed by atoms with Crippen molar-refractivity contribution in [3.8, 4) is 0 Å². The summed E-state index contributed by atoms with van der Waals surface area (Å²) in [6.07, 6.45) is 0.596. The maximum atomic E-state index is 13.7. The largest absolute Gasteiger partial charge is 0.357 e. The van der Waals surface area contributed by atoms with E-state index in [1.54, 1.807) is 0 Å².